The summed E-state index contributed by atoms with van der Waals surface area (Å²) in [6, 6.07) is 6.29. The average molecular weight is 378 g/mol. The first-order valence-electron chi connectivity index (χ1n) is 8.10. The van der Waals surface area contributed by atoms with Gasteiger partial charge in [0.05, 0.1) is 4.90 Å². The average Bonchev–Trinajstić information content (AvgIpc) is 3.23. The summed E-state index contributed by atoms with van der Waals surface area (Å²) in [6.07, 6.45) is 2.28. The van der Waals surface area contributed by atoms with Crippen LogP contribution in [0.3, 0.4) is 0 Å². The van der Waals surface area contributed by atoms with E-state index >= 15 is 0 Å². The molecule has 1 aliphatic rings. The van der Waals surface area contributed by atoms with Crippen molar-refractivity contribution in [2.75, 3.05) is 13.1 Å². The zero-order valence-electron chi connectivity index (χ0n) is 13.9. The monoisotopic (exact) mass is 378 g/mol. The van der Waals surface area contributed by atoms with Gasteiger partial charge < -0.3 is 4.57 Å². The van der Waals surface area contributed by atoms with Crippen molar-refractivity contribution in [3.05, 3.63) is 54.0 Å². The van der Waals surface area contributed by atoms with Gasteiger partial charge in [-0.3, -0.25) is 0 Å². The van der Waals surface area contributed by atoms with Crippen LogP contribution < -0.4 is 0 Å². The van der Waals surface area contributed by atoms with Gasteiger partial charge >= 0.3 is 0 Å². The van der Waals surface area contributed by atoms with Gasteiger partial charge in [-0.15, -0.1) is 0 Å². The Bertz CT molecular complexity index is 1100. The van der Waals surface area contributed by atoms with E-state index in [9.17, 15) is 17.2 Å². The van der Waals surface area contributed by atoms with Crippen molar-refractivity contribution in [2.45, 2.75) is 17.2 Å². The number of sulfonamides is 1. The highest BCUT2D eigenvalue weighted by Crippen LogP contribution is 2.32. The Balaban J connectivity index is 1.63. The number of aromatic nitrogens is 3. The maximum Gasteiger partial charge on any atom is 0.243 e. The molecule has 3 aromatic rings. The van der Waals surface area contributed by atoms with Gasteiger partial charge in [0.1, 0.15) is 11.3 Å². The molecular weight excluding hydrogens is 362 g/mol. The quantitative estimate of drug-likeness (QED) is 0.702. The van der Waals surface area contributed by atoms with Gasteiger partial charge in [0, 0.05) is 32.3 Å². The first-order chi connectivity index (χ1) is 12.4. The van der Waals surface area contributed by atoms with Crippen molar-refractivity contribution >= 4 is 21.2 Å². The number of aryl methyl sites for hydroxylation is 1. The normalized spacial score (nSPS) is 18.7. The van der Waals surface area contributed by atoms with Crippen molar-refractivity contribution in [1.82, 2.24) is 18.8 Å². The molecule has 0 N–H and O–H groups in total. The van der Waals surface area contributed by atoms with Gasteiger partial charge in [0.15, 0.2) is 17.3 Å². The van der Waals surface area contributed by atoms with Crippen LogP contribution in [0.25, 0.3) is 11.2 Å². The minimum absolute atomic E-state index is 0.0886. The zero-order chi connectivity index (χ0) is 18.5. The maximum atomic E-state index is 13.4. The molecule has 6 nitrogen and oxygen atoms in total. The molecule has 1 saturated heterocycles. The molecule has 0 saturated carbocycles. The Morgan fingerprint density at radius 3 is 2.73 bits per heavy atom. The van der Waals surface area contributed by atoms with Crippen LogP contribution in [-0.2, 0) is 17.1 Å². The number of imidazole rings is 1. The number of rotatable bonds is 3. The summed E-state index contributed by atoms with van der Waals surface area (Å²) in [5.74, 6) is -1.57. The van der Waals surface area contributed by atoms with E-state index in [1.807, 2.05) is 17.7 Å². The predicted octanol–water partition coefficient (Wildman–Crippen LogP) is 2.42. The van der Waals surface area contributed by atoms with E-state index in [-0.39, 0.29) is 17.4 Å². The molecule has 3 heterocycles. The highest BCUT2D eigenvalue weighted by atomic mass is 32.2. The van der Waals surface area contributed by atoms with E-state index in [0.29, 0.717) is 13.0 Å². The Labute approximate surface area is 149 Å². The lowest BCUT2D eigenvalue weighted by molar-refractivity contribution is 0.466. The van der Waals surface area contributed by atoms with Crippen LogP contribution in [-0.4, -0.2) is 40.3 Å². The summed E-state index contributed by atoms with van der Waals surface area (Å²) in [7, 11) is -2.04. The van der Waals surface area contributed by atoms with Gasteiger partial charge in [-0.25, -0.2) is 27.2 Å². The van der Waals surface area contributed by atoms with Crippen LogP contribution in [0.2, 0.25) is 0 Å². The fourth-order valence-electron chi connectivity index (χ4n) is 3.35. The molecule has 0 spiro atoms. The molecule has 1 aliphatic heterocycles. The lowest BCUT2D eigenvalue weighted by Crippen LogP contribution is -2.29. The van der Waals surface area contributed by atoms with E-state index in [2.05, 4.69) is 9.97 Å². The smallest absolute Gasteiger partial charge is 0.243 e. The third-order valence-corrected chi connectivity index (χ3v) is 6.57. The second-order valence-corrected chi connectivity index (χ2v) is 8.24. The van der Waals surface area contributed by atoms with Gasteiger partial charge in [0.2, 0.25) is 10.0 Å². The number of hydrogen-bond acceptors (Lipinski definition) is 4. The minimum Gasteiger partial charge on any atom is -0.316 e. The van der Waals surface area contributed by atoms with Gasteiger partial charge in [-0.05, 0) is 36.8 Å². The molecule has 4 rings (SSSR count). The van der Waals surface area contributed by atoms with E-state index in [0.717, 1.165) is 35.2 Å². The standard InChI is InChI=1S/C17H16F2N4O2S/c1-22-16(21-15-3-2-7-20-17(15)22)11-6-8-23(10-11)26(24,25)12-4-5-13(18)14(19)9-12/h2-5,7,9,11H,6,8,10H2,1H3. The molecule has 2 aromatic heterocycles. The summed E-state index contributed by atoms with van der Waals surface area (Å²) in [5.41, 5.74) is 1.50. The lowest BCUT2D eigenvalue weighted by Gasteiger charge is -2.16. The Morgan fingerprint density at radius 2 is 2.00 bits per heavy atom. The van der Waals surface area contributed by atoms with Crippen LogP contribution in [0.1, 0.15) is 18.2 Å². The molecule has 0 aliphatic carbocycles. The second-order valence-electron chi connectivity index (χ2n) is 6.30. The highest BCUT2D eigenvalue weighted by Gasteiger charge is 2.35. The summed E-state index contributed by atoms with van der Waals surface area (Å²) in [6.45, 7) is 0.529. The number of nitrogens with zero attached hydrogens (tertiary/aromatic N) is 4. The van der Waals surface area contributed by atoms with Crippen molar-refractivity contribution in [2.24, 2.45) is 7.05 Å². The van der Waals surface area contributed by atoms with E-state index in [1.54, 1.807) is 12.3 Å². The fourth-order valence-corrected chi connectivity index (χ4v) is 4.86. The molecule has 9 heteroatoms. The van der Waals surface area contributed by atoms with Crippen molar-refractivity contribution in [1.29, 1.82) is 0 Å². The molecule has 0 amide bonds. The summed E-state index contributed by atoms with van der Waals surface area (Å²) >= 11 is 0. The zero-order valence-corrected chi connectivity index (χ0v) is 14.7. The predicted molar refractivity (Wildman–Crippen MR) is 91.0 cm³/mol. The van der Waals surface area contributed by atoms with Gasteiger partial charge in [-0.2, -0.15) is 4.31 Å². The van der Waals surface area contributed by atoms with Crippen LogP contribution in [0.4, 0.5) is 8.78 Å². The molecule has 1 unspecified atom stereocenters. The molecule has 1 fully saturated rings. The Morgan fingerprint density at radius 1 is 1.19 bits per heavy atom. The number of hydrogen-bond donors (Lipinski definition) is 0. The van der Waals surface area contributed by atoms with Crippen molar-refractivity contribution in [3.63, 3.8) is 0 Å². The van der Waals surface area contributed by atoms with Crippen LogP contribution in [0.5, 0.6) is 0 Å². The third kappa shape index (κ3) is 2.67. The molecule has 1 aromatic carbocycles. The van der Waals surface area contributed by atoms with E-state index in [4.69, 9.17) is 0 Å². The second kappa shape index (κ2) is 6.10. The van der Waals surface area contributed by atoms with Crippen LogP contribution in [0.15, 0.2) is 41.4 Å². The number of fused-ring (bicyclic) bond motifs is 1. The van der Waals surface area contributed by atoms with Crippen molar-refractivity contribution < 1.29 is 17.2 Å². The van der Waals surface area contributed by atoms with Gasteiger partial charge in [0.25, 0.3) is 0 Å². The number of pyridine rings is 1. The molecule has 26 heavy (non-hydrogen) atoms. The Kier molecular flexibility index (Phi) is 4.00. The first kappa shape index (κ1) is 17.0. The molecule has 0 bridgehead atoms. The lowest BCUT2D eigenvalue weighted by atomic mass is 10.1. The number of benzene rings is 1. The van der Waals surface area contributed by atoms with E-state index < -0.39 is 21.7 Å². The molecule has 0 radical (unpaired) electrons. The third-order valence-electron chi connectivity index (χ3n) is 4.71. The largest absolute Gasteiger partial charge is 0.316 e. The van der Waals surface area contributed by atoms with Crippen LogP contribution >= 0.6 is 0 Å². The summed E-state index contributed by atoms with van der Waals surface area (Å²) in [4.78, 5) is 8.63. The molecule has 1 atom stereocenters. The molecular formula is C17H16F2N4O2S. The summed E-state index contributed by atoms with van der Waals surface area (Å²) < 4.78 is 55.1. The SMILES string of the molecule is Cn1c(C2CCN(S(=O)(=O)c3ccc(F)c(F)c3)C2)nc2cccnc21. The van der Waals surface area contributed by atoms with E-state index in [1.165, 1.54) is 4.31 Å². The Hall–Kier alpha value is -2.39. The van der Waals surface area contributed by atoms with Crippen molar-refractivity contribution in [3.8, 4) is 0 Å². The maximum absolute atomic E-state index is 13.4. The highest BCUT2D eigenvalue weighted by molar-refractivity contribution is 7.89. The fraction of sp³-hybridized carbons (Fsp3) is 0.294. The summed E-state index contributed by atoms with van der Waals surface area (Å²) in [5, 5.41) is 0. The number of halogens is 2. The first-order valence-corrected chi connectivity index (χ1v) is 9.54. The minimum atomic E-state index is -3.89. The van der Waals surface area contributed by atoms with Crippen LogP contribution in [0, 0.1) is 11.6 Å². The van der Waals surface area contributed by atoms with Gasteiger partial charge in [-0.1, -0.05) is 0 Å². The molecule has 136 valence electrons. The topological polar surface area (TPSA) is 68.1 Å².